The molecule has 0 aliphatic rings. The monoisotopic (exact) mass is 231 g/mol. The van der Waals surface area contributed by atoms with Gasteiger partial charge in [0.1, 0.15) is 5.60 Å². The molecule has 16 heavy (non-hydrogen) atoms. The number of ether oxygens (including phenoxy) is 1. The Balaban J connectivity index is 4.48. The van der Waals surface area contributed by atoms with E-state index >= 15 is 0 Å². The molecule has 0 fully saturated rings. The van der Waals surface area contributed by atoms with E-state index in [1.54, 1.807) is 20.8 Å². The summed E-state index contributed by atoms with van der Waals surface area (Å²) in [4.78, 5) is 32.8. The highest BCUT2D eigenvalue weighted by molar-refractivity contribution is 5.94. The zero-order valence-electron chi connectivity index (χ0n) is 9.65. The van der Waals surface area contributed by atoms with Gasteiger partial charge in [-0.25, -0.2) is 0 Å². The van der Waals surface area contributed by atoms with E-state index in [0.717, 1.165) is 0 Å². The van der Waals surface area contributed by atoms with Crippen molar-refractivity contribution in [3.05, 3.63) is 0 Å². The summed E-state index contributed by atoms with van der Waals surface area (Å²) in [6.07, 6.45) is -0.296. The SMILES string of the molecule is CC(C)(C)OC(=O)C(CCC(N)=O)C(=O)O. The number of carbonyl (C=O) groups excluding carboxylic acids is 2. The minimum atomic E-state index is -1.34. The Bertz CT molecular complexity index is 292. The van der Waals surface area contributed by atoms with Crippen LogP contribution in [0.4, 0.5) is 0 Å². The number of primary amides is 1. The lowest BCUT2D eigenvalue weighted by molar-refractivity contribution is -0.167. The summed E-state index contributed by atoms with van der Waals surface area (Å²) in [5, 5.41) is 8.80. The predicted octanol–water partition coefficient (Wildman–Crippen LogP) is 0.294. The Labute approximate surface area is 93.8 Å². The standard InChI is InChI=1S/C10H17NO5/c1-10(2,3)16-9(15)6(8(13)14)4-5-7(11)12/h6H,4-5H2,1-3H3,(H2,11,12)(H,13,14). The van der Waals surface area contributed by atoms with Gasteiger partial charge in [-0.05, 0) is 27.2 Å². The second-order valence-corrected chi connectivity index (χ2v) is 4.43. The molecule has 0 aromatic rings. The highest BCUT2D eigenvalue weighted by atomic mass is 16.6. The first-order valence-electron chi connectivity index (χ1n) is 4.87. The van der Waals surface area contributed by atoms with E-state index < -0.39 is 29.4 Å². The van der Waals surface area contributed by atoms with Crippen LogP contribution in [-0.4, -0.2) is 28.6 Å². The lowest BCUT2D eigenvalue weighted by Gasteiger charge is -2.22. The van der Waals surface area contributed by atoms with Gasteiger partial charge < -0.3 is 15.6 Å². The van der Waals surface area contributed by atoms with Crippen LogP contribution in [0.5, 0.6) is 0 Å². The van der Waals surface area contributed by atoms with Gasteiger partial charge in [-0.15, -0.1) is 0 Å². The van der Waals surface area contributed by atoms with Gasteiger partial charge in [0.2, 0.25) is 5.91 Å². The van der Waals surface area contributed by atoms with E-state index in [2.05, 4.69) is 0 Å². The number of amides is 1. The maximum Gasteiger partial charge on any atom is 0.320 e. The summed E-state index contributed by atoms with van der Waals surface area (Å²) in [5.74, 6) is -4.14. The van der Waals surface area contributed by atoms with Crippen LogP contribution in [0.2, 0.25) is 0 Å². The third-order valence-corrected chi connectivity index (χ3v) is 1.67. The van der Waals surface area contributed by atoms with Gasteiger partial charge in [-0.3, -0.25) is 14.4 Å². The van der Waals surface area contributed by atoms with Crippen molar-refractivity contribution in [1.82, 2.24) is 0 Å². The molecule has 6 nitrogen and oxygen atoms in total. The van der Waals surface area contributed by atoms with Crippen molar-refractivity contribution < 1.29 is 24.2 Å². The summed E-state index contributed by atoms with van der Waals surface area (Å²) in [7, 11) is 0. The zero-order valence-corrected chi connectivity index (χ0v) is 9.65. The molecule has 0 rings (SSSR count). The summed E-state index contributed by atoms with van der Waals surface area (Å²) < 4.78 is 4.92. The highest BCUT2D eigenvalue weighted by Crippen LogP contribution is 2.15. The highest BCUT2D eigenvalue weighted by Gasteiger charge is 2.31. The molecule has 0 radical (unpaired) electrons. The van der Waals surface area contributed by atoms with Crippen molar-refractivity contribution in [1.29, 1.82) is 0 Å². The number of esters is 1. The quantitative estimate of drug-likeness (QED) is 0.522. The number of hydrogen-bond donors (Lipinski definition) is 2. The number of rotatable bonds is 5. The second-order valence-electron chi connectivity index (χ2n) is 4.43. The van der Waals surface area contributed by atoms with Crippen LogP contribution in [-0.2, 0) is 19.1 Å². The van der Waals surface area contributed by atoms with Crippen molar-refractivity contribution in [3.63, 3.8) is 0 Å². The molecule has 0 spiro atoms. The van der Waals surface area contributed by atoms with E-state index in [1.807, 2.05) is 0 Å². The Hall–Kier alpha value is -1.59. The Morgan fingerprint density at radius 2 is 1.81 bits per heavy atom. The summed E-state index contributed by atoms with van der Waals surface area (Å²) >= 11 is 0. The smallest absolute Gasteiger partial charge is 0.320 e. The van der Waals surface area contributed by atoms with E-state index in [-0.39, 0.29) is 12.8 Å². The molecular weight excluding hydrogens is 214 g/mol. The molecule has 92 valence electrons. The number of carboxylic acid groups (broad SMARTS) is 1. The van der Waals surface area contributed by atoms with Gasteiger partial charge in [0.25, 0.3) is 0 Å². The topological polar surface area (TPSA) is 107 Å². The van der Waals surface area contributed by atoms with Gasteiger partial charge in [0.05, 0.1) is 0 Å². The normalized spacial score (nSPS) is 12.9. The van der Waals surface area contributed by atoms with E-state index in [9.17, 15) is 14.4 Å². The van der Waals surface area contributed by atoms with Gasteiger partial charge >= 0.3 is 11.9 Å². The lowest BCUT2D eigenvalue weighted by Crippen LogP contribution is -2.33. The van der Waals surface area contributed by atoms with Crippen molar-refractivity contribution in [3.8, 4) is 0 Å². The van der Waals surface area contributed by atoms with Crippen molar-refractivity contribution in [2.24, 2.45) is 11.7 Å². The van der Waals surface area contributed by atoms with Crippen LogP contribution < -0.4 is 5.73 Å². The molecular formula is C10H17NO5. The molecule has 1 amide bonds. The first-order chi connectivity index (χ1) is 7.13. The van der Waals surface area contributed by atoms with Gasteiger partial charge in [-0.1, -0.05) is 0 Å². The fourth-order valence-electron chi connectivity index (χ4n) is 1.00. The average Bonchev–Trinajstić information content (AvgIpc) is 1.98. The number of carboxylic acids is 1. The largest absolute Gasteiger partial charge is 0.481 e. The molecule has 0 aliphatic heterocycles. The molecule has 0 aromatic heterocycles. The molecule has 0 aromatic carbocycles. The molecule has 1 atom stereocenters. The molecule has 0 saturated carbocycles. The van der Waals surface area contributed by atoms with Crippen LogP contribution in [0.25, 0.3) is 0 Å². The Morgan fingerprint density at radius 1 is 1.31 bits per heavy atom. The minimum Gasteiger partial charge on any atom is -0.481 e. The van der Waals surface area contributed by atoms with Crippen molar-refractivity contribution in [2.45, 2.75) is 39.2 Å². The van der Waals surface area contributed by atoms with E-state index in [0.29, 0.717) is 0 Å². The molecule has 0 heterocycles. The number of hydrogen-bond acceptors (Lipinski definition) is 4. The second kappa shape index (κ2) is 5.48. The van der Waals surface area contributed by atoms with Crippen molar-refractivity contribution in [2.75, 3.05) is 0 Å². The van der Waals surface area contributed by atoms with Gasteiger partial charge in [0, 0.05) is 6.42 Å². The molecule has 0 aliphatic carbocycles. The van der Waals surface area contributed by atoms with Crippen LogP contribution in [0.15, 0.2) is 0 Å². The molecule has 0 bridgehead atoms. The number of carbonyl (C=O) groups is 3. The van der Waals surface area contributed by atoms with Gasteiger partial charge in [-0.2, -0.15) is 0 Å². The lowest BCUT2D eigenvalue weighted by atomic mass is 10.0. The number of nitrogens with two attached hydrogens (primary N) is 1. The first-order valence-corrected chi connectivity index (χ1v) is 4.87. The van der Waals surface area contributed by atoms with Crippen LogP contribution in [0, 0.1) is 5.92 Å². The van der Waals surface area contributed by atoms with Crippen LogP contribution in [0.1, 0.15) is 33.6 Å². The van der Waals surface area contributed by atoms with E-state index in [4.69, 9.17) is 15.6 Å². The Kier molecular flexibility index (Phi) is 4.94. The zero-order chi connectivity index (χ0) is 12.9. The summed E-state index contributed by atoms with van der Waals surface area (Å²) in [5.41, 5.74) is 4.13. The fourth-order valence-corrected chi connectivity index (χ4v) is 1.00. The molecule has 6 heteroatoms. The Morgan fingerprint density at radius 3 is 2.12 bits per heavy atom. The maximum absolute atomic E-state index is 11.5. The minimum absolute atomic E-state index is 0.139. The summed E-state index contributed by atoms with van der Waals surface area (Å²) in [6.45, 7) is 4.91. The average molecular weight is 231 g/mol. The van der Waals surface area contributed by atoms with Gasteiger partial charge in [0.15, 0.2) is 5.92 Å². The molecule has 0 saturated heterocycles. The third-order valence-electron chi connectivity index (χ3n) is 1.67. The fraction of sp³-hybridized carbons (Fsp3) is 0.700. The van der Waals surface area contributed by atoms with Crippen molar-refractivity contribution >= 4 is 17.8 Å². The predicted molar refractivity (Wildman–Crippen MR) is 55.4 cm³/mol. The molecule has 3 N–H and O–H groups in total. The molecule has 1 unspecified atom stereocenters. The van der Waals surface area contributed by atoms with E-state index in [1.165, 1.54) is 0 Å². The number of aliphatic carboxylic acids is 1. The first kappa shape index (κ1) is 14.4. The summed E-state index contributed by atoms with van der Waals surface area (Å²) in [6, 6.07) is 0. The maximum atomic E-state index is 11.5. The van der Waals surface area contributed by atoms with Crippen LogP contribution in [0.3, 0.4) is 0 Å². The van der Waals surface area contributed by atoms with Crippen LogP contribution >= 0.6 is 0 Å². The third kappa shape index (κ3) is 6.00.